The number of para-hydroxylation sites is 1. The Morgan fingerprint density at radius 1 is 1.10 bits per heavy atom. The number of aromatic nitrogens is 1. The summed E-state index contributed by atoms with van der Waals surface area (Å²) in [7, 11) is 0. The van der Waals surface area contributed by atoms with Crippen LogP contribution < -0.4 is 11.2 Å². The van der Waals surface area contributed by atoms with Gasteiger partial charge in [0.05, 0.1) is 16.2 Å². The first kappa shape index (κ1) is 13.9. The molecule has 0 aliphatic carbocycles. The van der Waals surface area contributed by atoms with Crippen molar-refractivity contribution in [1.82, 2.24) is 4.98 Å². The Hall–Kier alpha value is -2.10. The quantitative estimate of drug-likeness (QED) is 0.754. The number of halogens is 1. The molecule has 2 aromatic carbocycles. The summed E-state index contributed by atoms with van der Waals surface area (Å²) in [4.78, 5) is 16.0. The molecule has 0 saturated carbocycles. The van der Waals surface area contributed by atoms with Gasteiger partial charge < -0.3 is 10.7 Å². The second-order valence-corrected chi connectivity index (χ2v) is 5.47. The van der Waals surface area contributed by atoms with Crippen LogP contribution in [0.3, 0.4) is 0 Å². The van der Waals surface area contributed by atoms with E-state index in [2.05, 4.69) is 4.98 Å². The highest BCUT2D eigenvalue weighted by Gasteiger charge is 2.17. The van der Waals surface area contributed by atoms with Gasteiger partial charge in [0, 0.05) is 17.0 Å². The molecule has 0 spiro atoms. The third-order valence-corrected chi connectivity index (χ3v) is 3.85. The molecule has 1 heterocycles. The summed E-state index contributed by atoms with van der Waals surface area (Å²) in [6.07, 6.45) is 0. The highest BCUT2D eigenvalue weighted by atomic mass is 35.5. The topological polar surface area (TPSA) is 58.9 Å². The summed E-state index contributed by atoms with van der Waals surface area (Å²) in [6, 6.07) is 14.6. The molecular formula is C17H15ClN2O. The fourth-order valence-electron chi connectivity index (χ4n) is 2.56. The zero-order valence-electron chi connectivity index (χ0n) is 11.6. The van der Waals surface area contributed by atoms with E-state index in [4.69, 9.17) is 17.3 Å². The van der Waals surface area contributed by atoms with Crippen molar-refractivity contribution in [3.8, 4) is 11.3 Å². The largest absolute Gasteiger partial charge is 0.353 e. The van der Waals surface area contributed by atoms with E-state index in [-0.39, 0.29) is 11.5 Å². The van der Waals surface area contributed by atoms with Gasteiger partial charge in [-0.3, -0.25) is 4.79 Å². The van der Waals surface area contributed by atoms with Crippen molar-refractivity contribution in [3.05, 3.63) is 69.3 Å². The summed E-state index contributed by atoms with van der Waals surface area (Å²) in [6.45, 7) is 1.81. The van der Waals surface area contributed by atoms with Crippen LogP contribution in [0.4, 0.5) is 0 Å². The van der Waals surface area contributed by atoms with Crippen LogP contribution in [0.25, 0.3) is 22.2 Å². The lowest BCUT2D eigenvalue weighted by molar-refractivity contribution is 0.810. The van der Waals surface area contributed by atoms with Gasteiger partial charge in [-0.25, -0.2) is 0 Å². The maximum atomic E-state index is 12.8. The fraction of sp³-hybridized carbons (Fsp3) is 0.118. The lowest BCUT2D eigenvalue weighted by atomic mass is 9.98. The average Bonchev–Trinajstić information content (AvgIpc) is 2.48. The molecule has 3 N–H and O–H groups in total. The van der Waals surface area contributed by atoms with E-state index in [0.29, 0.717) is 21.5 Å². The summed E-state index contributed by atoms with van der Waals surface area (Å²) in [5.41, 5.74) is 8.84. The molecule has 3 nitrogen and oxygen atoms in total. The third-order valence-electron chi connectivity index (χ3n) is 3.54. The van der Waals surface area contributed by atoms with Crippen LogP contribution in [0.2, 0.25) is 5.02 Å². The molecule has 0 aliphatic heterocycles. The number of benzene rings is 2. The van der Waals surface area contributed by atoms with Crippen molar-refractivity contribution in [3.63, 3.8) is 0 Å². The van der Waals surface area contributed by atoms with Crippen LogP contribution in [0.15, 0.2) is 53.3 Å². The summed E-state index contributed by atoms with van der Waals surface area (Å²) in [5, 5.41) is 1.09. The number of fused-ring (bicyclic) bond motifs is 1. The van der Waals surface area contributed by atoms with Gasteiger partial charge in [-0.05, 0) is 24.6 Å². The second kappa shape index (κ2) is 5.35. The van der Waals surface area contributed by atoms with Crippen LogP contribution in [-0.2, 0) is 0 Å². The van der Waals surface area contributed by atoms with Crippen molar-refractivity contribution in [2.24, 2.45) is 5.73 Å². The number of nitrogens with one attached hydrogen (secondary N) is 1. The van der Waals surface area contributed by atoms with E-state index in [0.717, 1.165) is 11.3 Å². The van der Waals surface area contributed by atoms with Crippen LogP contribution in [0.1, 0.15) is 18.5 Å². The first-order valence-corrected chi connectivity index (χ1v) is 7.13. The monoisotopic (exact) mass is 298 g/mol. The molecule has 1 aromatic heterocycles. The van der Waals surface area contributed by atoms with E-state index in [1.54, 1.807) is 18.2 Å². The van der Waals surface area contributed by atoms with E-state index in [9.17, 15) is 4.79 Å². The van der Waals surface area contributed by atoms with Crippen molar-refractivity contribution >= 4 is 22.5 Å². The van der Waals surface area contributed by atoms with Crippen molar-refractivity contribution in [2.75, 3.05) is 0 Å². The van der Waals surface area contributed by atoms with Gasteiger partial charge in [-0.1, -0.05) is 48.0 Å². The zero-order chi connectivity index (χ0) is 15.0. The van der Waals surface area contributed by atoms with Gasteiger partial charge >= 0.3 is 0 Å². The molecule has 1 atom stereocenters. The minimum Gasteiger partial charge on any atom is -0.353 e. The lowest BCUT2D eigenvalue weighted by Gasteiger charge is -2.14. The average molecular weight is 299 g/mol. The number of pyridine rings is 1. The fourth-order valence-corrected chi connectivity index (χ4v) is 2.78. The number of H-pyrrole nitrogens is 1. The molecular weight excluding hydrogens is 284 g/mol. The van der Waals surface area contributed by atoms with E-state index in [1.807, 2.05) is 37.3 Å². The Morgan fingerprint density at radius 2 is 1.81 bits per heavy atom. The molecule has 106 valence electrons. The maximum absolute atomic E-state index is 12.8. The van der Waals surface area contributed by atoms with E-state index < -0.39 is 0 Å². The minimum absolute atomic E-state index is 0.0693. The van der Waals surface area contributed by atoms with Crippen LogP contribution >= 0.6 is 11.6 Å². The summed E-state index contributed by atoms with van der Waals surface area (Å²) >= 11 is 6.22. The van der Waals surface area contributed by atoms with Crippen LogP contribution in [0.5, 0.6) is 0 Å². The number of hydrogen-bond donors (Lipinski definition) is 2. The first-order valence-electron chi connectivity index (χ1n) is 6.75. The molecule has 4 heteroatoms. The number of hydrogen-bond acceptors (Lipinski definition) is 2. The second-order valence-electron chi connectivity index (χ2n) is 5.06. The molecule has 0 fully saturated rings. The van der Waals surface area contributed by atoms with Crippen LogP contribution in [0, 0.1) is 0 Å². The summed E-state index contributed by atoms with van der Waals surface area (Å²) < 4.78 is 0. The number of rotatable bonds is 2. The molecule has 3 aromatic rings. The van der Waals surface area contributed by atoms with E-state index >= 15 is 0 Å². The lowest BCUT2D eigenvalue weighted by Crippen LogP contribution is -2.20. The third kappa shape index (κ3) is 2.35. The Bertz CT molecular complexity index is 854. The van der Waals surface area contributed by atoms with Crippen molar-refractivity contribution in [2.45, 2.75) is 13.0 Å². The molecule has 0 unspecified atom stereocenters. The maximum Gasteiger partial charge on any atom is 0.194 e. The van der Waals surface area contributed by atoms with Gasteiger partial charge in [0.2, 0.25) is 0 Å². The molecule has 0 amide bonds. The predicted molar refractivity (Wildman–Crippen MR) is 87.6 cm³/mol. The Morgan fingerprint density at radius 3 is 2.48 bits per heavy atom. The minimum atomic E-state index is -0.368. The Balaban J connectivity index is 2.46. The molecule has 0 radical (unpaired) electrons. The molecule has 0 bridgehead atoms. The van der Waals surface area contributed by atoms with Gasteiger partial charge in [0.25, 0.3) is 0 Å². The van der Waals surface area contributed by atoms with Gasteiger partial charge in [0.15, 0.2) is 5.43 Å². The standard InChI is InChI=1S/C17H15ClN2O/c1-10(19)14-15(11-6-3-2-4-7-11)20-16-12(17(14)21)8-5-9-13(16)18/h2-10H,19H2,1H3,(H,20,21)/t10-/m0/s1. The highest BCUT2D eigenvalue weighted by molar-refractivity contribution is 6.35. The molecule has 0 saturated heterocycles. The molecule has 21 heavy (non-hydrogen) atoms. The number of nitrogens with two attached hydrogens (primary N) is 1. The molecule has 3 rings (SSSR count). The van der Waals surface area contributed by atoms with Crippen molar-refractivity contribution < 1.29 is 0 Å². The van der Waals surface area contributed by atoms with Crippen molar-refractivity contribution in [1.29, 1.82) is 0 Å². The highest BCUT2D eigenvalue weighted by Crippen LogP contribution is 2.28. The predicted octanol–water partition coefficient (Wildman–Crippen LogP) is 3.87. The van der Waals surface area contributed by atoms with Gasteiger partial charge in [-0.15, -0.1) is 0 Å². The Labute approximate surface area is 127 Å². The summed E-state index contributed by atoms with van der Waals surface area (Å²) in [5.74, 6) is 0. The van der Waals surface area contributed by atoms with Gasteiger partial charge in [0.1, 0.15) is 0 Å². The zero-order valence-corrected chi connectivity index (χ0v) is 12.3. The van der Waals surface area contributed by atoms with Gasteiger partial charge in [-0.2, -0.15) is 0 Å². The van der Waals surface area contributed by atoms with E-state index in [1.165, 1.54) is 0 Å². The smallest absolute Gasteiger partial charge is 0.194 e. The molecule has 0 aliphatic rings. The SMILES string of the molecule is C[C@H](N)c1c(-c2ccccc2)[nH]c2c(Cl)cccc2c1=O. The first-order chi connectivity index (χ1) is 10.1. The normalized spacial score (nSPS) is 12.5. The van der Waals surface area contributed by atoms with Crippen LogP contribution in [-0.4, -0.2) is 4.98 Å². The Kier molecular flexibility index (Phi) is 3.53. The number of aromatic amines is 1.